The van der Waals surface area contributed by atoms with Gasteiger partial charge in [-0.2, -0.15) is 0 Å². The predicted molar refractivity (Wildman–Crippen MR) is 82.0 cm³/mol. The molecule has 0 aliphatic heterocycles. The first-order chi connectivity index (χ1) is 10.0. The molecule has 0 amide bonds. The second-order valence-corrected chi connectivity index (χ2v) is 6.20. The number of aliphatic hydroxyl groups is 1. The standard InChI is InChI=1S/C17H26FNO2/c1-19(2)17(10-6-4-5-7-11-17)16(20)14-12-13(18)8-9-15(14)21-3/h8-9,12,16,20H,4-7,10-11H2,1-3H3. The van der Waals surface area contributed by atoms with Crippen molar-refractivity contribution in [2.45, 2.75) is 50.2 Å². The number of halogens is 1. The first-order valence-electron chi connectivity index (χ1n) is 7.70. The van der Waals surface area contributed by atoms with Crippen LogP contribution in [0.25, 0.3) is 0 Å². The Hall–Kier alpha value is -1.13. The van der Waals surface area contributed by atoms with E-state index in [1.807, 2.05) is 14.1 Å². The Kier molecular flexibility index (Phi) is 5.22. The van der Waals surface area contributed by atoms with Crippen molar-refractivity contribution in [2.75, 3.05) is 21.2 Å². The zero-order chi connectivity index (χ0) is 15.5. The third-order valence-corrected chi connectivity index (χ3v) is 4.86. The van der Waals surface area contributed by atoms with Crippen molar-refractivity contribution < 1.29 is 14.2 Å². The van der Waals surface area contributed by atoms with Crippen LogP contribution in [0.3, 0.4) is 0 Å². The smallest absolute Gasteiger partial charge is 0.124 e. The van der Waals surface area contributed by atoms with E-state index < -0.39 is 6.10 Å². The van der Waals surface area contributed by atoms with Gasteiger partial charge in [-0.15, -0.1) is 0 Å². The molecule has 0 saturated heterocycles. The number of aliphatic hydroxyl groups excluding tert-OH is 1. The summed E-state index contributed by atoms with van der Waals surface area (Å²) >= 11 is 0. The van der Waals surface area contributed by atoms with E-state index in [1.165, 1.54) is 25.0 Å². The second kappa shape index (κ2) is 6.75. The molecule has 118 valence electrons. The van der Waals surface area contributed by atoms with Crippen molar-refractivity contribution >= 4 is 0 Å². The summed E-state index contributed by atoms with van der Waals surface area (Å²) < 4.78 is 19.0. The topological polar surface area (TPSA) is 32.7 Å². The predicted octanol–water partition coefficient (Wildman–Crippen LogP) is 3.52. The van der Waals surface area contributed by atoms with Gasteiger partial charge in [-0.3, -0.25) is 0 Å². The van der Waals surface area contributed by atoms with Gasteiger partial charge in [0.05, 0.1) is 12.6 Å². The van der Waals surface area contributed by atoms with Crippen LogP contribution in [0.1, 0.15) is 50.2 Å². The number of hydrogen-bond acceptors (Lipinski definition) is 3. The number of likely N-dealkylation sites (N-methyl/N-ethyl adjacent to an activating group) is 1. The van der Waals surface area contributed by atoms with Crippen molar-refractivity contribution in [1.29, 1.82) is 0 Å². The molecule has 1 aliphatic carbocycles. The van der Waals surface area contributed by atoms with Gasteiger partial charge in [0.2, 0.25) is 0 Å². The van der Waals surface area contributed by atoms with Crippen molar-refractivity contribution in [1.82, 2.24) is 4.90 Å². The molecular formula is C17H26FNO2. The summed E-state index contributed by atoms with van der Waals surface area (Å²) in [6, 6.07) is 4.36. The number of hydrogen-bond donors (Lipinski definition) is 1. The molecule has 0 bridgehead atoms. The van der Waals surface area contributed by atoms with Gasteiger partial charge in [-0.25, -0.2) is 4.39 Å². The van der Waals surface area contributed by atoms with Crippen LogP contribution < -0.4 is 4.74 Å². The Morgan fingerprint density at radius 1 is 1.19 bits per heavy atom. The Bertz CT molecular complexity index is 468. The zero-order valence-electron chi connectivity index (χ0n) is 13.2. The fourth-order valence-electron chi connectivity index (χ4n) is 3.51. The van der Waals surface area contributed by atoms with E-state index in [-0.39, 0.29) is 11.4 Å². The Morgan fingerprint density at radius 3 is 2.33 bits per heavy atom. The number of methoxy groups -OCH3 is 1. The SMILES string of the molecule is COc1ccc(F)cc1C(O)C1(N(C)C)CCCCCC1. The molecule has 1 unspecified atom stereocenters. The molecule has 1 saturated carbocycles. The number of ether oxygens (including phenoxy) is 1. The number of rotatable bonds is 4. The molecule has 21 heavy (non-hydrogen) atoms. The summed E-state index contributed by atoms with van der Waals surface area (Å²) in [5.74, 6) is 0.210. The third kappa shape index (κ3) is 3.22. The van der Waals surface area contributed by atoms with Crippen molar-refractivity contribution in [3.63, 3.8) is 0 Å². The van der Waals surface area contributed by atoms with Crippen LogP contribution >= 0.6 is 0 Å². The summed E-state index contributed by atoms with van der Waals surface area (Å²) in [5, 5.41) is 11.0. The van der Waals surface area contributed by atoms with Gasteiger partial charge in [0.15, 0.2) is 0 Å². The van der Waals surface area contributed by atoms with Crippen LogP contribution in [0.15, 0.2) is 18.2 Å². The van der Waals surface area contributed by atoms with E-state index in [4.69, 9.17) is 4.74 Å². The molecule has 0 spiro atoms. The van der Waals surface area contributed by atoms with Crippen LogP contribution in [0.5, 0.6) is 5.75 Å². The molecule has 1 aromatic rings. The van der Waals surface area contributed by atoms with Crippen molar-refractivity contribution in [2.24, 2.45) is 0 Å². The van der Waals surface area contributed by atoms with E-state index in [0.29, 0.717) is 11.3 Å². The quantitative estimate of drug-likeness (QED) is 0.863. The van der Waals surface area contributed by atoms with Crippen LogP contribution in [0, 0.1) is 5.82 Å². The van der Waals surface area contributed by atoms with E-state index in [1.54, 1.807) is 13.2 Å². The van der Waals surface area contributed by atoms with Crippen LogP contribution in [-0.2, 0) is 0 Å². The maximum absolute atomic E-state index is 13.6. The molecule has 4 heteroatoms. The maximum Gasteiger partial charge on any atom is 0.124 e. The zero-order valence-corrected chi connectivity index (χ0v) is 13.2. The van der Waals surface area contributed by atoms with Crippen LogP contribution in [0.2, 0.25) is 0 Å². The van der Waals surface area contributed by atoms with Crippen molar-refractivity contribution in [3.05, 3.63) is 29.6 Å². The first-order valence-corrected chi connectivity index (χ1v) is 7.70. The molecule has 1 N–H and O–H groups in total. The summed E-state index contributed by atoms with van der Waals surface area (Å²) in [4.78, 5) is 2.10. The van der Waals surface area contributed by atoms with Crippen LogP contribution in [0.4, 0.5) is 4.39 Å². The molecule has 1 fully saturated rings. The molecule has 2 rings (SSSR count). The Labute approximate surface area is 126 Å². The van der Waals surface area contributed by atoms with E-state index in [0.717, 1.165) is 25.7 Å². The summed E-state index contributed by atoms with van der Waals surface area (Å²) in [5.41, 5.74) is 0.200. The lowest BCUT2D eigenvalue weighted by molar-refractivity contribution is -0.0211. The minimum atomic E-state index is -0.753. The third-order valence-electron chi connectivity index (χ3n) is 4.86. The lowest BCUT2D eigenvalue weighted by Crippen LogP contribution is -2.49. The van der Waals surface area contributed by atoms with Gasteiger partial charge in [0.1, 0.15) is 17.7 Å². The Morgan fingerprint density at radius 2 is 1.81 bits per heavy atom. The fraction of sp³-hybridized carbons (Fsp3) is 0.647. The van der Waals surface area contributed by atoms with Gasteiger partial charge >= 0.3 is 0 Å². The highest BCUT2D eigenvalue weighted by Gasteiger charge is 2.42. The minimum Gasteiger partial charge on any atom is -0.496 e. The van der Waals surface area contributed by atoms with Gasteiger partial charge < -0.3 is 14.7 Å². The summed E-state index contributed by atoms with van der Waals surface area (Å²) in [6.07, 6.45) is 5.66. The van der Waals surface area contributed by atoms with Gasteiger partial charge in [-0.1, -0.05) is 25.7 Å². The van der Waals surface area contributed by atoms with Gasteiger partial charge in [-0.05, 0) is 45.1 Å². The fourth-order valence-corrected chi connectivity index (χ4v) is 3.51. The second-order valence-electron chi connectivity index (χ2n) is 6.20. The van der Waals surface area contributed by atoms with Gasteiger partial charge in [0, 0.05) is 5.56 Å². The average molecular weight is 295 g/mol. The Balaban J connectivity index is 2.42. The summed E-state index contributed by atoms with van der Waals surface area (Å²) in [7, 11) is 5.56. The normalized spacial score (nSPS) is 20.1. The molecule has 3 nitrogen and oxygen atoms in total. The molecule has 1 aliphatic rings. The monoisotopic (exact) mass is 295 g/mol. The highest BCUT2D eigenvalue weighted by atomic mass is 19.1. The highest BCUT2D eigenvalue weighted by Crippen LogP contribution is 2.43. The molecule has 0 heterocycles. The lowest BCUT2D eigenvalue weighted by Gasteiger charge is -2.43. The minimum absolute atomic E-state index is 0.340. The number of benzene rings is 1. The lowest BCUT2D eigenvalue weighted by atomic mass is 9.79. The average Bonchev–Trinajstić information content (AvgIpc) is 2.73. The number of nitrogens with zero attached hydrogens (tertiary/aromatic N) is 1. The van der Waals surface area contributed by atoms with E-state index >= 15 is 0 Å². The maximum atomic E-state index is 13.6. The molecule has 0 aromatic heterocycles. The molecule has 0 radical (unpaired) electrons. The van der Waals surface area contributed by atoms with E-state index in [9.17, 15) is 9.50 Å². The largest absolute Gasteiger partial charge is 0.496 e. The molecule has 1 aromatic carbocycles. The molecule has 1 atom stereocenters. The molecular weight excluding hydrogens is 269 g/mol. The summed E-state index contributed by atoms with van der Waals surface area (Å²) in [6.45, 7) is 0. The van der Waals surface area contributed by atoms with E-state index in [2.05, 4.69) is 4.90 Å². The first kappa shape index (κ1) is 16.2. The van der Waals surface area contributed by atoms with Gasteiger partial charge in [0.25, 0.3) is 0 Å². The van der Waals surface area contributed by atoms with Crippen molar-refractivity contribution in [3.8, 4) is 5.75 Å². The van der Waals surface area contributed by atoms with Crippen LogP contribution in [-0.4, -0.2) is 36.8 Å². The highest BCUT2D eigenvalue weighted by molar-refractivity contribution is 5.37.